The van der Waals surface area contributed by atoms with E-state index in [0.29, 0.717) is 0 Å². The van der Waals surface area contributed by atoms with Gasteiger partial charge in [-0.05, 0) is 0 Å². The van der Waals surface area contributed by atoms with E-state index in [0.717, 1.165) is 0 Å². The van der Waals surface area contributed by atoms with Crippen molar-refractivity contribution < 1.29 is 55.9 Å². The van der Waals surface area contributed by atoms with Gasteiger partial charge in [0.05, 0.1) is 5.09 Å². The summed E-state index contributed by atoms with van der Waals surface area (Å²) >= 11 is 0. The minimum Gasteiger partial charge on any atom is -0.759 e. The maximum atomic E-state index is 8.52. The molecule has 8 nitrogen and oxygen atoms in total. The summed E-state index contributed by atoms with van der Waals surface area (Å²) in [6.45, 7) is 0. The zero-order valence-electron chi connectivity index (χ0n) is 4.36. The molecule has 0 aromatic rings. The quantitative estimate of drug-likeness (QED) is 0.170. The van der Waals surface area contributed by atoms with E-state index in [9.17, 15) is 0 Å². The molecule has 0 aromatic carbocycles. The first-order valence-electron chi connectivity index (χ1n) is 1.21. The third-order valence-electron chi connectivity index (χ3n) is 0. The second-order valence-corrected chi connectivity index (χ2v) is 1.45. The van der Waals surface area contributed by atoms with Gasteiger partial charge in [-0.3, -0.25) is 8.42 Å². The van der Waals surface area contributed by atoms with Crippen molar-refractivity contribution in [2.24, 2.45) is 0 Å². The molecule has 11 heteroatoms. The molecule has 75 valence electrons. The van der Waals surface area contributed by atoms with Gasteiger partial charge in [-0.15, -0.1) is 0 Å². The van der Waals surface area contributed by atoms with Gasteiger partial charge in [0.15, 0.2) is 0 Å². The average Bonchev–Trinajstić information content (AvgIpc) is 1.19. The standard InChI is InChI=1S/Co.NO3.Ni.H2O4S/c;2-1(3)4;;1-5(2,3)4/h;;;(H2,1,2,3,4)/q;-1;;/p-2. The third-order valence-corrected chi connectivity index (χ3v) is 0. The van der Waals surface area contributed by atoms with Crippen LogP contribution in [0, 0.1) is 15.3 Å². The zero-order chi connectivity index (χ0) is 8.08. The summed E-state index contributed by atoms with van der Waals surface area (Å²) in [5.74, 6) is 0. The molecule has 0 aliphatic heterocycles. The Balaban J connectivity index is -0.0000000383. The molecule has 0 spiro atoms. The first kappa shape index (κ1) is 22.5. The Kier molecular flexibility index (Phi) is 20.6. The average molecular weight is 276 g/mol. The van der Waals surface area contributed by atoms with Crippen LogP contribution < -0.4 is 0 Å². The minimum absolute atomic E-state index is 0. The van der Waals surface area contributed by atoms with Crippen molar-refractivity contribution in [1.29, 1.82) is 0 Å². The minimum atomic E-state index is -5.17. The van der Waals surface area contributed by atoms with Crippen LogP contribution in [0.15, 0.2) is 0 Å². The van der Waals surface area contributed by atoms with E-state index >= 15 is 0 Å². The van der Waals surface area contributed by atoms with Crippen molar-refractivity contribution in [3.63, 3.8) is 0 Å². The molecule has 0 aromatic heterocycles. The Labute approximate surface area is 81.8 Å². The van der Waals surface area contributed by atoms with Crippen molar-refractivity contribution in [2.45, 2.75) is 0 Å². The molecule has 0 amide bonds. The van der Waals surface area contributed by atoms with Crippen molar-refractivity contribution >= 4 is 10.4 Å². The van der Waals surface area contributed by atoms with Crippen molar-refractivity contribution in [3.05, 3.63) is 15.3 Å². The summed E-state index contributed by atoms with van der Waals surface area (Å²) in [6.07, 6.45) is 0. The van der Waals surface area contributed by atoms with Gasteiger partial charge < -0.3 is 24.4 Å². The molecule has 0 rings (SSSR count). The van der Waals surface area contributed by atoms with Crippen LogP contribution in [0.5, 0.6) is 0 Å². The van der Waals surface area contributed by atoms with Crippen LogP contribution in [-0.4, -0.2) is 22.6 Å². The van der Waals surface area contributed by atoms with Gasteiger partial charge in [0, 0.05) is 43.7 Å². The van der Waals surface area contributed by atoms with Crippen LogP contribution >= 0.6 is 0 Å². The predicted molar refractivity (Wildman–Crippen MR) is 20.8 cm³/mol. The van der Waals surface area contributed by atoms with Gasteiger partial charge >= 0.3 is 0 Å². The van der Waals surface area contributed by atoms with Crippen molar-refractivity contribution in [1.82, 2.24) is 0 Å². The Morgan fingerprint density at radius 3 is 1.09 bits per heavy atom. The Hall–Kier alpha value is 0.0700. The van der Waals surface area contributed by atoms with E-state index < -0.39 is 15.5 Å². The second kappa shape index (κ2) is 10.1. The summed E-state index contributed by atoms with van der Waals surface area (Å²) in [4.78, 5) is 8.25. The van der Waals surface area contributed by atoms with Crippen LogP contribution in [0.3, 0.4) is 0 Å². The normalized spacial score (nSPS) is 7.45. The number of nitrogens with zero attached hydrogens (tertiary/aromatic N) is 1. The molecule has 0 atom stereocenters. The van der Waals surface area contributed by atoms with Crippen LogP contribution in [0.1, 0.15) is 0 Å². The summed E-state index contributed by atoms with van der Waals surface area (Å²) in [5, 5.41) is 14.8. The molecule has 0 bridgehead atoms. The van der Waals surface area contributed by atoms with E-state index in [1.807, 2.05) is 0 Å². The number of hydrogen-bond acceptors (Lipinski definition) is 7. The smallest absolute Gasteiger partial charge is 0.0689 e. The van der Waals surface area contributed by atoms with Gasteiger partial charge in [-0.1, -0.05) is 0 Å². The molecular weight excluding hydrogens is 276 g/mol. The van der Waals surface area contributed by atoms with Crippen molar-refractivity contribution in [3.8, 4) is 0 Å². The molecule has 0 aliphatic carbocycles. The molecule has 0 N–H and O–H groups in total. The molecule has 0 aliphatic rings. The van der Waals surface area contributed by atoms with E-state index in [1.165, 1.54) is 0 Å². The van der Waals surface area contributed by atoms with E-state index in [4.69, 9.17) is 32.8 Å². The first-order chi connectivity index (χ1) is 3.73. The molecule has 11 heavy (non-hydrogen) atoms. The number of hydrogen-bond donors (Lipinski definition) is 0. The summed E-state index contributed by atoms with van der Waals surface area (Å²) < 4.78 is 34.1. The summed E-state index contributed by atoms with van der Waals surface area (Å²) in [5.41, 5.74) is 0. The molecule has 1 radical (unpaired) electrons. The predicted octanol–water partition coefficient (Wildman–Crippen LogP) is -1.58. The maximum Gasteiger partial charge on any atom is 0.0689 e. The Bertz CT molecular complexity index is 161. The molecule has 0 saturated heterocycles. The molecule has 0 heterocycles. The van der Waals surface area contributed by atoms with Crippen LogP contribution in [0.2, 0.25) is 0 Å². The molecular formula is CoNNiO7S-3. The van der Waals surface area contributed by atoms with Crippen LogP contribution in [0.25, 0.3) is 0 Å². The topological polar surface area (TPSA) is 146 Å². The largest absolute Gasteiger partial charge is 0.759 e. The zero-order valence-corrected chi connectivity index (χ0v) is 7.21. The fourth-order valence-electron chi connectivity index (χ4n) is 0. The van der Waals surface area contributed by atoms with E-state index in [1.54, 1.807) is 0 Å². The second-order valence-electron chi connectivity index (χ2n) is 0.632. The van der Waals surface area contributed by atoms with Gasteiger partial charge in [-0.25, -0.2) is 0 Å². The van der Waals surface area contributed by atoms with E-state index in [2.05, 4.69) is 0 Å². The van der Waals surface area contributed by atoms with E-state index in [-0.39, 0.29) is 33.3 Å². The Morgan fingerprint density at radius 2 is 1.09 bits per heavy atom. The molecule has 0 saturated carbocycles. The SMILES string of the molecule is O=S(=O)([O-])[O-].O=[N+]([O-])[O-].[Co].[Ni]. The fraction of sp³-hybridized carbons (Fsp3) is 0. The third kappa shape index (κ3) is 134000. The maximum absolute atomic E-state index is 8.52. The molecule has 0 unspecified atom stereocenters. The molecule has 0 fully saturated rings. The Morgan fingerprint density at radius 1 is 1.09 bits per heavy atom. The summed E-state index contributed by atoms with van der Waals surface area (Å²) in [6, 6.07) is 0. The van der Waals surface area contributed by atoms with Gasteiger partial charge in [0.1, 0.15) is 0 Å². The number of rotatable bonds is 0. The summed E-state index contributed by atoms with van der Waals surface area (Å²) in [7, 11) is -5.17. The van der Waals surface area contributed by atoms with Crippen LogP contribution in [-0.2, 0) is 43.7 Å². The first-order valence-corrected chi connectivity index (χ1v) is 2.55. The van der Waals surface area contributed by atoms with Gasteiger partial charge in [0.2, 0.25) is 0 Å². The van der Waals surface area contributed by atoms with Crippen molar-refractivity contribution in [2.75, 3.05) is 0 Å². The monoisotopic (exact) mass is 275 g/mol. The van der Waals surface area contributed by atoms with Gasteiger partial charge in [0.25, 0.3) is 0 Å². The fourth-order valence-corrected chi connectivity index (χ4v) is 0. The van der Waals surface area contributed by atoms with Gasteiger partial charge in [-0.2, -0.15) is 0 Å². The van der Waals surface area contributed by atoms with Crippen LogP contribution in [0.4, 0.5) is 0 Å².